The van der Waals surface area contributed by atoms with Gasteiger partial charge in [0.25, 0.3) is 10.1 Å². The Kier molecular flexibility index (Phi) is 5.38. The van der Waals surface area contributed by atoms with Crippen LogP contribution in [0.4, 0.5) is 16.4 Å². The van der Waals surface area contributed by atoms with Gasteiger partial charge in [0.05, 0.1) is 11.4 Å². The molecule has 1 aromatic carbocycles. The highest BCUT2D eigenvalue weighted by molar-refractivity contribution is 7.85. The van der Waals surface area contributed by atoms with Crippen molar-refractivity contribution in [3.8, 4) is 6.07 Å². The van der Waals surface area contributed by atoms with Crippen LogP contribution in [-0.4, -0.2) is 23.2 Å². The summed E-state index contributed by atoms with van der Waals surface area (Å²) < 4.78 is 34.1. The van der Waals surface area contributed by atoms with Crippen LogP contribution in [0.3, 0.4) is 0 Å². The highest BCUT2D eigenvalue weighted by atomic mass is 32.2. The lowest BCUT2D eigenvalue weighted by molar-refractivity contribution is 0.485. The van der Waals surface area contributed by atoms with Crippen molar-refractivity contribution >= 4 is 38.0 Å². The maximum atomic E-state index is 10.6. The molecule has 2 rings (SSSR count). The Morgan fingerprint density at radius 1 is 1.35 bits per heavy atom. The van der Waals surface area contributed by atoms with Gasteiger partial charge in [0.2, 0.25) is 0 Å². The third-order valence-electron chi connectivity index (χ3n) is 2.77. The normalized spacial score (nSPS) is 11.5. The van der Waals surface area contributed by atoms with Crippen molar-refractivity contribution in [1.82, 2.24) is 4.37 Å². The molecular weight excluding hydrogens is 338 g/mol. The Morgan fingerprint density at radius 2 is 2.04 bits per heavy atom. The first-order valence-corrected chi connectivity index (χ1v) is 8.90. The van der Waals surface area contributed by atoms with Crippen LogP contribution in [0.2, 0.25) is 0 Å². The van der Waals surface area contributed by atoms with E-state index in [4.69, 9.17) is 9.81 Å². The van der Waals surface area contributed by atoms with Gasteiger partial charge in [-0.3, -0.25) is 4.55 Å². The van der Waals surface area contributed by atoms with Crippen LogP contribution in [0, 0.1) is 11.3 Å². The summed E-state index contributed by atoms with van der Waals surface area (Å²) in [5.74, 6) is -0.569. The summed E-state index contributed by atoms with van der Waals surface area (Å²) in [7, 11) is -4.08. The topological polar surface area (TPSA) is 128 Å². The van der Waals surface area contributed by atoms with E-state index in [1.807, 2.05) is 6.92 Å². The molecule has 0 spiro atoms. The number of nitrogens with zero attached hydrogens (tertiary/aromatic N) is 4. The first-order chi connectivity index (χ1) is 10.9. The molecule has 0 saturated heterocycles. The van der Waals surface area contributed by atoms with Crippen LogP contribution in [-0.2, 0) is 16.5 Å². The SMILES string of the molecule is CCc1nsc(/N=N/c2ccc(NCS(=O)(=O)O)cc2)c1C#N. The fourth-order valence-corrected chi connectivity index (χ4v) is 2.76. The van der Waals surface area contributed by atoms with E-state index in [2.05, 4.69) is 26.0 Å². The Balaban J connectivity index is 2.09. The van der Waals surface area contributed by atoms with Gasteiger partial charge in [0.1, 0.15) is 17.5 Å². The quantitative estimate of drug-likeness (QED) is 0.607. The van der Waals surface area contributed by atoms with E-state index in [9.17, 15) is 8.42 Å². The van der Waals surface area contributed by atoms with E-state index in [0.29, 0.717) is 34.1 Å². The molecule has 120 valence electrons. The zero-order valence-electron chi connectivity index (χ0n) is 12.1. The first kappa shape index (κ1) is 17.0. The molecule has 0 bridgehead atoms. The van der Waals surface area contributed by atoms with Crippen LogP contribution >= 0.6 is 11.5 Å². The molecule has 0 aliphatic carbocycles. The van der Waals surface area contributed by atoms with Gasteiger partial charge >= 0.3 is 0 Å². The number of nitriles is 1. The fourth-order valence-electron chi connectivity index (χ4n) is 1.66. The van der Waals surface area contributed by atoms with Crippen LogP contribution in [0.15, 0.2) is 34.5 Å². The van der Waals surface area contributed by atoms with E-state index >= 15 is 0 Å². The summed E-state index contributed by atoms with van der Waals surface area (Å²) in [5.41, 5.74) is 2.20. The summed E-state index contributed by atoms with van der Waals surface area (Å²) in [4.78, 5) is 0. The standard InChI is InChI=1S/C13H13N5O3S2/c1-2-12-11(7-14)13(22-18-12)17-16-10-5-3-9(4-6-10)15-8-23(19,20)21/h3-6,15H,2,8H2,1H3,(H,19,20,21)/b17-16+. The summed E-state index contributed by atoms with van der Waals surface area (Å²) in [6.07, 6.45) is 0.656. The number of aromatic nitrogens is 1. The van der Waals surface area contributed by atoms with Gasteiger partial charge in [-0.25, -0.2) is 0 Å². The molecule has 0 aliphatic heterocycles. The van der Waals surface area contributed by atoms with Crippen molar-refractivity contribution in [3.05, 3.63) is 35.5 Å². The predicted molar refractivity (Wildman–Crippen MR) is 86.9 cm³/mol. The second kappa shape index (κ2) is 7.28. The molecule has 0 saturated carbocycles. The van der Waals surface area contributed by atoms with Crippen LogP contribution in [0.1, 0.15) is 18.2 Å². The molecule has 0 amide bonds. The summed E-state index contributed by atoms with van der Waals surface area (Å²) in [5, 5.41) is 20.2. The molecule has 0 fully saturated rings. The molecular formula is C13H13N5O3S2. The largest absolute Gasteiger partial charge is 0.370 e. The number of benzene rings is 1. The molecule has 10 heteroatoms. The molecule has 0 radical (unpaired) electrons. The fraction of sp³-hybridized carbons (Fsp3) is 0.231. The number of rotatable bonds is 6. The first-order valence-electron chi connectivity index (χ1n) is 6.52. The van der Waals surface area contributed by atoms with Gasteiger partial charge in [-0.1, -0.05) is 6.92 Å². The maximum absolute atomic E-state index is 10.6. The van der Waals surface area contributed by atoms with E-state index in [1.165, 1.54) is 0 Å². The molecule has 23 heavy (non-hydrogen) atoms. The van der Waals surface area contributed by atoms with Gasteiger partial charge in [-0.05, 0) is 42.2 Å². The molecule has 2 aromatic rings. The van der Waals surface area contributed by atoms with Crippen LogP contribution in [0.5, 0.6) is 0 Å². The lowest BCUT2D eigenvalue weighted by Crippen LogP contribution is -2.12. The molecule has 0 atom stereocenters. The predicted octanol–water partition coefficient (Wildman–Crippen LogP) is 3.25. The molecule has 0 aliphatic rings. The van der Waals surface area contributed by atoms with Crippen molar-refractivity contribution in [2.45, 2.75) is 13.3 Å². The molecule has 1 aromatic heterocycles. The van der Waals surface area contributed by atoms with Crippen molar-refractivity contribution in [3.63, 3.8) is 0 Å². The van der Waals surface area contributed by atoms with Crippen molar-refractivity contribution < 1.29 is 13.0 Å². The molecule has 8 nitrogen and oxygen atoms in total. The zero-order chi connectivity index (χ0) is 16.9. The van der Waals surface area contributed by atoms with Gasteiger partial charge in [0.15, 0.2) is 5.00 Å². The average molecular weight is 351 g/mol. The Hall–Kier alpha value is -2.35. The van der Waals surface area contributed by atoms with E-state index in [0.717, 1.165) is 11.5 Å². The average Bonchev–Trinajstić information content (AvgIpc) is 2.93. The van der Waals surface area contributed by atoms with Gasteiger partial charge < -0.3 is 5.32 Å². The molecule has 1 heterocycles. The minimum Gasteiger partial charge on any atom is -0.370 e. The highest BCUT2D eigenvalue weighted by Crippen LogP contribution is 2.29. The minimum atomic E-state index is -4.08. The van der Waals surface area contributed by atoms with Crippen molar-refractivity contribution in [2.75, 3.05) is 11.2 Å². The third kappa shape index (κ3) is 4.82. The summed E-state index contributed by atoms with van der Waals surface area (Å²) in [6, 6.07) is 8.54. The minimum absolute atomic E-state index is 0.438. The summed E-state index contributed by atoms with van der Waals surface area (Å²) >= 11 is 1.12. The second-order valence-electron chi connectivity index (χ2n) is 4.42. The van der Waals surface area contributed by atoms with E-state index < -0.39 is 16.0 Å². The number of anilines is 1. The van der Waals surface area contributed by atoms with Gasteiger partial charge in [-0.15, -0.1) is 10.2 Å². The highest BCUT2D eigenvalue weighted by Gasteiger charge is 2.11. The number of nitrogens with one attached hydrogen (secondary N) is 1. The molecule has 2 N–H and O–H groups in total. The Labute approximate surface area is 137 Å². The van der Waals surface area contributed by atoms with E-state index in [-0.39, 0.29) is 0 Å². The Bertz CT molecular complexity index is 851. The monoisotopic (exact) mass is 351 g/mol. The number of hydrogen-bond acceptors (Lipinski definition) is 8. The zero-order valence-corrected chi connectivity index (χ0v) is 13.7. The third-order valence-corrected chi connectivity index (χ3v) is 4.05. The van der Waals surface area contributed by atoms with Gasteiger partial charge in [-0.2, -0.15) is 18.1 Å². The maximum Gasteiger partial charge on any atom is 0.283 e. The lowest BCUT2D eigenvalue weighted by atomic mass is 10.2. The van der Waals surface area contributed by atoms with E-state index in [1.54, 1.807) is 24.3 Å². The Morgan fingerprint density at radius 3 is 2.61 bits per heavy atom. The van der Waals surface area contributed by atoms with Crippen molar-refractivity contribution in [1.29, 1.82) is 5.26 Å². The number of hydrogen-bond donors (Lipinski definition) is 2. The second-order valence-corrected chi connectivity index (χ2v) is 6.63. The lowest BCUT2D eigenvalue weighted by Gasteiger charge is -2.03. The van der Waals surface area contributed by atoms with Crippen LogP contribution < -0.4 is 5.32 Å². The van der Waals surface area contributed by atoms with Gasteiger partial charge in [0, 0.05) is 5.69 Å². The van der Waals surface area contributed by atoms with Crippen LogP contribution in [0.25, 0.3) is 0 Å². The van der Waals surface area contributed by atoms with Crippen molar-refractivity contribution in [2.24, 2.45) is 10.2 Å². The number of aryl methyl sites for hydroxylation is 1. The number of azo groups is 1. The smallest absolute Gasteiger partial charge is 0.283 e. The molecule has 0 unspecified atom stereocenters. The summed E-state index contributed by atoms with van der Waals surface area (Å²) in [6.45, 7) is 1.91.